The van der Waals surface area contributed by atoms with E-state index >= 15 is 0 Å². The van der Waals surface area contributed by atoms with E-state index in [2.05, 4.69) is 4.90 Å². The van der Waals surface area contributed by atoms with Crippen molar-refractivity contribution in [2.75, 3.05) is 37.6 Å². The molecule has 3 amide bonds. The molecule has 2 saturated heterocycles. The lowest BCUT2D eigenvalue weighted by molar-refractivity contribution is -0.136. The number of benzene rings is 2. The summed E-state index contributed by atoms with van der Waals surface area (Å²) in [4.78, 5) is 55.4. The minimum atomic E-state index is -0.599. The van der Waals surface area contributed by atoms with E-state index in [0.717, 1.165) is 10.6 Å². The van der Waals surface area contributed by atoms with Gasteiger partial charge in [0, 0.05) is 37.3 Å². The molecule has 0 bridgehead atoms. The zero-order chi connectivity index (χ0) is 23.7. The number of carbonyl (C=O) groups excluding carboxylic acids is 3. The van der Waals surface area contributed by atoms with Crippen LogP contribution in [0.5, 0.6) is 0 Å². The van der Waals surface area contributed by atoms with Gasteiger partial charge in [0.1, 0.15) is 12.1 Å². The van der Waals surface area contributed by atoms with E-state index in [0.29, 0.717) is 48.9 Å². The predicted molar refractivity (Wildman–Crippen MR) is 130 cm³/mol. The Morgan fingerprint density at radius 1 is 0.941 bits per heavy atom. The number of carbonyl (C=O) groups is 3. The number of hydrogen-bond donors (Lipinski definition) is 0. The van der Waals surface area contributed by atoms with Crippen LogP contribution in [0.2, 0.25) is 0 Å². The maximum Gasteiger partial charge on any atom is 0.343 e. The highest BCUT2D eigenvalue weighted by molar-refractivity contribution is 8.18. The first kappa shape index (κ1) is 22.0. The first-order chi connectivity index (χ1) is 16.5. The topological polar surface area (TPSA) is 91.1 Å². The monoisotopic (exact) mass is 475 g/mol. The van der Waals surface area contributed by atoms with Gasteiger partial charge in [0.05, 0.1) is 10.5 Å². The predicted octanol–water partition coefficient (Wildman–Crippen LogP) is 3.18. The summed E-state index contributed by atoms with van der Waals surface area (Å²) in [6.45, 7) is 2.06. The fraction of sp³-hybridized carbons (Fsp3) is 0.200. The van der Waals surface area contributed by atoms with Crippen LogP contribution < -0.4 is 10.5 Å². The van der Waals surface area contributed by atoms with Crippen molar-refractivity contribution < 1.29 is 18.8 Å². The average Bonchev–Trinajstić information content (AvgIpc) is 3.12. The number of amides is 3. The molecule has 2 aliphatic rings. The molecule has 8 nitrogen and oxygen atoms in total. The molecule has 1 aromatic heterocycles. The number of para-hydroxylation sites is 2. The zero-order valence-corrected chi connectivity index (χ0v) is 19.0. The third-order valence-corrected chi connectivity index (χ3v) is 6.78. The highest BCUT2D eigenvalue weighted by Crippen LogP contribution is 2.32. The minimum Gasteiger partial charge on any atom is -0.422 e. The van der Waals surface area contributed by atoms with Gasteiger partial charge in [-0.1, -0.05) is 36.4 Å². The van der Waals surface area contributed by atoms with E-state index in [4.69, 9.17) is 4.42 Å². The molecular weight excluding hydrogens is 454 g/mol. The average molecular weight is 476 g/mol. The summed E-state index contributed by atoms with van der Waals surface area (Å²) in [7, 11) is 0. The quantitative estimate of drug-likeness (QED) is 0.423. The SMILES string of the molecule is O=C(CN1C(=O)S/C(=C/c2cc3ccccc3oc2=O)C1=O)N1CCN(c2ccccc2)CC1. The second kappa shape index (κ2) is 9.18. The normalized spacial score (nSPS) is 17.8. The van der Waals surface area contributed by atoms with Crippen molar-refractivity contribution >= 4 is 51.5 Å². The molecule has 9 heteroatoms. The van der Waals surface area contributed by atoms with Crippen molar-refractivity contribution in [3.8, 4) is 0 Å². The lowest BCUT2D eigenvalue weighted by Gasteiger charge is -2.36. The van der Waals surface area contributed by atoms with Crippen molar-refractivity contribution in [2.24, 2.45) is 0 Å². The molecule has 34 heavy (non-hydrogen) atoms. The van der Waals surface area contributed by atoms with Crippen LogP contribution in [0.15, 0.2) is 74.8 Å². The van der Waals surface area contributed by atoms with E-state index in [1.165, 1.54) is 6.08 Å². The Morgan fingerprint density at radius 2 is 1.65 bits per heavy atom. The van der Waals surface area contributed by atoms with E-state index in [9.17, 15) is 19.2 Å². The molecule has 0 unspecified atom stereocenters. The number of nitrogens with zero attached hydrogens (tertiary/aromatic N) is 3. The van der Waals surface area contributed by atoms with Gasteiger partial charge in [-0.3, -0.25) is 19.3 Å². The molecule has 5 rings (SSSR count). The fourth-order valence-corrected chi connectivity index (χ4v) is 4.87. The molecule has 2 fully saturated rings. The number of hydrogen-bond acceptors (Lipinski definition) is 7. The first-order valence-corrected chi connectivity index (χ1v) is 11.7. The Morgan fingerprint density at radius 3 is 2.41 bits per heavy atom. The summed E-state index contributed by atoms with van der Waals surface area (Å²) in [6.07, 6.45) is 1.35. The Bertz CT molecular complexity index is 1360. The first-order valence-electron chi connectivity index (χ1n) is 10.9. The van der Waals surface area contributed by atoms with Gasteiger partial charge in [-0.25, -0.2) is 4.79 Å². The lowest BCUT2D eigenvalue weighted by atomic mass is 10.2. The number of fused-ring (bicyclic) bond motifs is 1. The molecule has 0 aliphatic carbocycles. The summed E-state index contributed by atoms with van der Waals surface area (Å²) >= 11 is 0.716. The summed E-state index contributed by atoms with van der Waals surface area (Å²) in [5.74, 6) is -0.861. The Hall–Kier alpha value is -3.85. The molecule has 2 aromatic carbocycles. The Kier molecular flexibility index (Phi) is 5.93. The molecule has 2 aliphatic heterocycles. The smallest absolute Gasteiger partial charge is 0.343 e. The number of rotatable bonds is 4. The van der Waals surface area contributed by atoms with Crippen LogP contribution in [0.25, 0.3) is 17.0 Å². The van der Waals surface area contributed by atoms with Crippen LogP contribution in [0.1, 0.15) is 5.56 Å². The number of imide groups is 1. The maximum absolute atomic E-state index is 12.9. The van der Waals surface area contributed by atoms with E-state index in [1.807, 2.05) is 36.4 Å². The van der Waals surface area contributed by atoms with E-state index in [1.54, 1.807) is 29.2 Å². The summed E-state index contributed by atoms with van der Waals surface area (Å²) < 4.78 is 5.29. The van der Waals surface area contributed by atoms with Gasteiger partial charge < -0.3 is 14.2 Å². The molecule has 0 saturated carbocycles. The van der Waals surface area contributed by atoms with Gasteiger partial charge in [0.15, 0.2) is 0 Å². The van der Waals surface area contributed by atoms with Crippen LogP contribution in [0, 0.1) is 0 Å². The molecule has 0 radical (unpaired) electrons. The standard InChI is InChI=1S/C25H21N3O5S/c29-22(27-12-10-26(11-13-27)19-7-2-1-3-8-19)16-28-23(30)21(34-25(28)32)15-18-14-17-6-4-5-9-20(17)33-24(18)31/h1-9,14-15H,10-13,16H2/b21-15+. The van der Waals surface area contributed by atoms with Crippen molar-refractivity contribution in [1.82, 2.24) is 9.80 Å². The number of thioether (sulfide) groups is 1. The van der Waals surface area contributed by atoms with Gasteiger partial charge in [-0.05, 0) is 42.1 Å². The van der Waals surface area contributed by atoms with Gasteiger partial charge >= 0.3 is 5.63 Å². The van der Waals surface area contributed by atoms with Crippen molar-refractivity contribution in [2.45, 2.75) is 0 Å². The molecule has 0 spiro atoms. The van der Waals surface area contributed by atoms with Crippen LogP contribution in [-0.2, 0) is 9.59 Å². The van der Waals surface area contributed by atoms with Crippen LogP contribution in [0.4, 0.5) is 10.5 Å². The van der Waals surface area contributed by atoms with Crippen molar-refractivity contribution in [3.63, 3.8) is 0 Å². The fourth-order valence-electron chi connectivity index (χ4n) is 4.04. The lowest BCUT2D eigenvalue weighted by Crippen LogP contribution is -2.51. The highest BCUT2D eigenvalue weighted by Gasteiger charge is 2.37. The summed E-state index contributed by atoms with van der Waals surface area (Å²) in [5.41, 5.74) is 1.12. The Labute approximate surface area is 199 Å². The third kappa shape index (κ3) is 4.34. The zero-order valence-electron chi connectivity index (χ0n) is 18.2. The third-order valence-electron chi connectivity index (χ3n) is 5.88. The maximum atomic E-state index is 12.9. The summed E-state index contributed by atoms with van der Waals surface area (Å²) in [5, 5.41) is 0.176. The van der Waals surface area contributed by atoms with Crippen LogP contribution in [0.3, 0.4) is 0 Å². The molecule has 0 N–H and O–H groups in total. The van der Waals surface area contributed by atoms with Crippen molar-refractivity contribution in [1.29, 1.82) is 0 Å². The van der Waals surface area contributed by atoms with E-state index in [-0.39, 0.29) is 22.9 Å². The van der Waals surface area contributed by atoms with E-state index < -0.39 is 16.8 Å². The number of anilines is 1. The van der Waals surface area contributed by atoms with Gasteiger partial charge in [0.2, 0.25) is 5.91 Å². The molecule has 172 valence electrons. The molecule has 3 aromatic rings. The number of piperazine rings is 1. The van der Waals surface area contributed by atoms with Gasteiger partial charge in [0.25, 0.3) is 11.1 Å². The van der Waals surface area contributed by atoms with Gasteiger partial charge in [-0.15, -0.1) is 0 Å². The second-order valence-electron chi connectivity index (χ2n) is 8.00. The van der Waals surface area contributed by atoms with Crippen molar-refractivity contribution in [3.05, 3.63) is 81.6 Å². The molecule has 3 heterocycles. The summed E-state index contributed by atoms with van der Waals surface area (Å²) in [6, 6.07) is 18.6. The second-order valence-corrected chi connectivity index (χ2v) is 8.99. The molecule has 0 atom stereocenters. The minimum absolute atomic E-state index is 0.0919. The van der Waals surface area contributed by atoms with Gasteiger partial charge in [-0.2, -0.15) is 0 Å². The highest BCUT2D eigenvalue weighted by atomic mass is 32.2. The van der Waals surface area contributed by atoms with Crippen LogP contribution >= 0.6 is 11.8 Å². The molecular formula is C25H21N3O5S. The largest absolute Gasteiger partial charge is 0.422 e. The Balaban J connectivity index is 1.26. The van der Waals surface area contributed by atoms with Crippen LogP contribution in [-0.4, -0.2) is 59.6 Å².